The Kier molecular flexibility index (Phi) is 3.57. The van der Waals surface area contributed by atoms with E-state index in [1.807, 2.05) is 0 Å². The first-order valence-electron chi connectivity index (χ1n) is 8.13. The van der Waals surface area contributed by atoms with Crippen molar-refractivity contribution in [3.8, 4) is 11.4 Å². The molecule has 3 N–H and O–H groups in total. The maximum atomic E-state index is 5.61. The Morgan fingerprint density at radius 3 is 2.43 bits per heavy atom. The van der Waals surface area contributed by atoms with Crippen molar-refractivity contribution in [2.75, 3.05) is 23.7 Å². The van der Waals surface area contributed by atoms with Gasteiger partial charge in [-0.2, -0.15) is 4.98 Å². The third-order valence-electron chi connectivity index (χ3n) is 4.37. The molecule has 118 valence electrons. The average molecular weight is 308 g/mol. The SMILES string of the molecule is Nc1ncc2[nH]c(-c3ccc(N4CCCCCC4)cc3)nc2n1. The molecule has 3 heterocycles. The minimum atomic E-state index is 0.243. The molecule has 1 saturated heterocycles. The summed E-state index contributed by atoms with van der Waals surface area (Å²) in [6.45, 7) is 2.30. The van der Waals surface area contributed by atoms with E-state index >= 15 is 0 Å². The number of hydrogen-bond donors (Lipinski definition) is 2. The van der Waals surface area contributed by atoms with Gasteiger partial charge in [0.25, 0.3) is 0 Å². The second-order valence-corrected chi connectivity index (χ2v) is 6.00. The van der Waals surface area contributed by atoms with Gasteiger partial charge in [0.05, 0.1) is 6.20 Å². The maximum Gasteiger partial charge on any atom is 0.222 e. The van der Waals surface area contributed by atoms with Crippen LogP contribution in [0.3, 0.4) is 0 Å². The van der Waals surface area contributed by atoms with Gasteiger partial charge >= 0.3 is 0 Å². The number of aromatic nitrogens is 4. The maximum absolute atomic E-state index is 5.61. The van der Waals surface area contributed by atoms with Gasteiger partial charge in [-0.3, -0.25) is 0 Å². The number of aromatic amines is 1. The van der Waals surface area contributed by atoms with Crippen LogP contribution in [0, 0.1) is 0 Å². The van der Waals surface area contributed by atoms with Gasteiger partial charge in [-0.25, -0.2) is 9.97 Å². The van der Waals surface area contributed by atoms with E-state index in [0.29, 0.717) is 5.65 Å². The number of fused-ring (bicyclic) bond motifs is 1. The number of nitrogens with two attached hydrogens (primary N) is 1. The first-order valence-corrected chi connectivity index (χ1v) is 8.13. The summed E-state index contributed by atoms with van der Waals surface area (Å²) in [4.78, 5) is 18.3. The van der Waals surface area contributed by atoms with Gasteiger partial charge in [-0.1, -0.05) is 12.8 Å². The van der Waals surface area contributed by atoms with Crippen LogP contribution in [0.1, 0.15) is 25.7 Å². The molecule has 0 unspecified atom stereocenters. The predicted octanol–water partition coefficient (Wildman–Crippen LogP) is 2.98. The van der Waals surface area contributed by atoms with Crippen molar-refractivity contribution in [1.29, 1.82) is 0 Å². The Labute approximate surface area is 134 Å². The predicted molar refractivity (Wildman–Crippen MR) is 92.2 cm³/mol. The lowest BCUT2D eigenvalue weighted by Crippen LogP contribution is -2.23. The molecule has 4 rings (SSSR count). The van der Waals surface area contributed by atoms with Crippen molar-refractivity contribution in [3.05, 3.63) is 30.5 Å². The number of nitrogens with zero attached hydrogens (tertiary/aromatic N) is 4. The Bertz CT molecular complexity index is 800. The van der Waals surface area contributed by atoms with Crippen LogP contribution >= 0.6 is 0 Å². The van der Waals surface area contributed by atoms with Crippen LogP contribution in [0.2, 0.25) is 0 Å². The Hall–Kier alpha value is -2.63. The highest BCUT2D eigenvalue weighted by Crippen LogP contribution is 2.24. The zero-order chi connectivity index (χ0) is 15.6. The van der Waals surface area contributed by atoms with E-state index in [-0.39, 0.29) is 5.95 Å². The molecule has 0 radical (unpaired) electrons. The number of anilines is 2. The molecule has 6 heteroatoms. The summed E-state index contributed by atoms with van der Waals surface area (Å²) in [5.74, 6) is 1.04. The summed E-state index contributed by atoms with van der Waals surface area (Å²) < 4.78 is 0. The lowest BCUT2D eigenvalue weighted by atomic mass is 10.2. The van der Waals surface area contributed by atoms with Crippen LogP contribution in [-0.4, -0.2) is 33.0 Å². The van der Waals surface area contributed by atoms with Gasteiger partial charge in [-0.05, 0) is 37.1 Å². The molecular formula is C17H20N6. The standard InChI is InChI=1S/C17H20N6/c18-17-19-11-14-16(22-17)21-15(20-14)12-5-7-13(8-6-12)23-9-3-1-2-4-10-23/h5-8,11H,1-4,9-10H2,(H3,18,19,20,21,22). The van der Waals surface area contributed by atoms with E-state index in [1.54, 1.807) is 6.20 Å². The number of imidazole rings is 1. The van der Waals surface area contributed by atoms with E-state index in [0.717, 1.165) is 30.0 Å². The molecular weight excluding hydrogens is 288 g/mol. The number of nitrogen functional groups attached to an aromatic ring is 1. The third kappa shape index (κ3) is 2.84. The van der Waals surface area contributed by atoms with Crippen LogP contribution in [0.15, 0.2) is 30.5 Å². The molecule has 1 fully saturated rings. The molecule has 3 aromatic rings. The third-order valence-corrected chi connectivity index (χ3v) is 4.37. The zero-order valence-corrected chi connectivity index (χ0v) is 13.0. The molecule has 0 amide bonds. The van der Waals surface area contributed by atoms with Crippen LogP contribution < -0.4 is 10.6 Å². The second kappa shape index (κ2) is 5.87. The highest BCUT2D eigenvalue weighted by atomic mass is 15.1. The van der Waals surface area contributed by atoms with Gasteiger partial charge in [0, 0.05) is 24.3 Å². The molecule has 1 aromatic carbocycles. The minimum Gasteiger partial charge on any atom is -0.372 e. The molecule has 1 aliphatic heterocycles. The number of nitrogens with one attached hydrogen (secondary N) is 1. The van der Waals surface area contributed by atoms with Gasteiger partial charge < -0.3 is 15.6 Å². The van der Waals surface area contributed by atoms with E-state index in [4.69, 9.17) is 5.73 Å². The van der Waals surface area contributed by atoms with Gasteiger partial charge in [-0.15, -0.1) is 0 Å². The lowest BCUT2D eigenvalue weighted by Gasteiger charge is -2.22. The van der Waals surface area contributed by atoms with Crippen LogP contribution in [-0.2, 0) is 0 Å². The number of rotatable bonds is 2. The fraction of sp³-hybridized carbons (Fsp3) is 0.353. The number of hydrogen-bond acceptors (Lipinski definition) is 5. The fourth-order valence-corrected chi connectivity index (χ4v) is 3.12. The highest BCUT2D eigenvalue weighted by molar-refractivity contribution is 5.76. The van der Waals surface area contributed by atoms with Gasteiger partial charge in [0.1, 0.15) is 11.3 Å². The summed E-state index contributed by atoms with van der Waals surface area (Å²) in [6.07, 6.45) is 6.92. The summed E-state index contributed by atoms with van der Waals surface area (Å²) >= 11 is 0. The number of H-pyrrole nitrogens is 1. The van der Waals surface area contributed by atoms with Crippen molar-refractivity contribution in [2.24, 2.45) is 0 Å². The molecule has 2 aromatic heterocycles. The Morgan fingerprint density at radius 1 is 0.957 bits per heavy atom. The fourth-order valence-electron chi connectivity index (χ4n) is 3.12. The van der Waals surface area contributed by atoms with Crippen LogP contribution in [0.5, 0.6) is 0 Å². The summed E-state index contributed by atoms with van der Waals surface area (Å²) in [5, 5.41) is 0. The molecule has 0 aliphatic carbocycles. The monoisotopic (exact) mass is 308 g/mol. The van der Waals surface area contributed by atoms with Crippen molar-refractivity contribution in [3.63, 3.8) is 0 Å². The quantitative estimate of drug-likeness (QED) is 0.760. The summed E-state index contributed by atoms with van der Waals surface area (Å²) in [6, 6.07) is 8.56. The van der Waals surface area contributed by atoms with Crippen molar-refractivity contribution in [2.45, 2.75) is 25.7 Å². The van der Waals surface area contributed by atoms with E-state index in [1.165, 1.54) is 31.4 Å². The van der Waals surface area contributed by atoms with E-state index in [2.05, 4.69) is 49.1 Å². The van der Waals surface area contributed by atoms with E-state index < -0.39 is 0 Å². The van der Waals surface area contributed by atoms with Crippen LogP contribution in [0.25, 0.3) is 22.6 Å². The number of benzene rings is 1. The molecule has 1 aliphatic rings. The Morgan fingerprint density at radius 2 is 1.70 bits per heavy atom. The van der Waals surface area contributed by atoms with Gasteiger partial charge in [0.2, 0.25) is 5.95 Å². The topological polar surface area (TPSA) is 83.7 Å². The molecule has 0 bridgehead atoms. The minimum absolute atomic E-state index is 0.243. The van der Waals surface area contributed by atoms with Crippen LogP contribution in [0.4, 0.5) is 11.6 Å². The summed E-state index contributed by atoms with van der Waals surface area (Å²) in [7, 11) is 0. The molecule has 0 spiro atoms. The smallest absolute Gasteiger partial charge is 0.222 e. The van der Waals surface area contributed by atoms with Crippen molar-refractivity contribution >= 4 is 22.8 Å². The molecule has 6 nitrogen and oxygen atoms in total. The normalized spacial score (nSPS) is 15.7. The van der Waals surface area contributed by atoms with E-state index in [9.17, 15) is 0 Å². The zero-order valence-electron chi connectivity index (χ0n) is 13.0. The second-order valence-electron chi connectivity index (χ2n) is 6.00. The molecule has 0 atom stereocenters. The highest BCUT2D eigenvalue weighted by Gasteiger charge is 2.11. The summed E-state index contributed by atoms with van der Waals surface area (Å²) in [5.41, 5.74) is 9.33. The Balaban J connectivity index is 1.61. The first kappa shape index (κ1) is 14.0. The molecule has 23 heavy (non-hydrogen) atoms. The lowest BCUT2D eigenvalue weighted by molar-refractivity contribution is 0.726. The first-order chi connectivity index (χ1) is 11.3. The van der Waals surface area contributed by atoms with Crippen molar-refractivity contribution in [1.82, 2.24) is 19.9 Å². The average Bonchev–Trinajstić information content (AvgIpc) is 2.80. The molecule has 0 saturated carbocycles. The van der Waals surface area contributed by atoms with Crippen molar-refractivity contribution < 1.29 is 0 Å². The largest absolute Gasteiger partial charge is 0.372 e. The van der Waals surface area contributed by atoms with Gasteiger partial charge in [0.15, 0.2) is 5.65 Å².